The van der Waals surface area contributed by atoms with Crippen molar-refractivity contribution in [2.75, 3.05) is 27.2 Å². The van der Waals surface area contributed by atoms with E-state index in [9.17, 15) is 5.11 Å². The van der Waals surface area contributed by atoms with E-state index in [1.807, 2.05) is 62.6 Å². The number of aromatic hydroxyl groups is 1. The van der Waals surface area contributed by atoms with Crippen LogP contribution in [0.2, 0.25) is 0 Å². The van der Waals surface area contributed by atoms with Gasteiger partial charge in [0.15, 0.2) is 5.88 Å². The minimum Gasteiger partial charge on any atom is -0.494 e. The smallest absolute Gasteiger partial charge is 0.199 e. The van der Waals surface area contributed by atoms with E-state index in [0.717, 1.165) is 35.1 Å². The van der Waals surface area contributed by atoms with E-state index in [1.54, 1.807) is 0 Å². The molecule has 0 unspecified atom stereocenters. The Hall–Kier alpha value is -3.12. The zero-order chi connectivity index (χ0) is 18.8. The van der Waals surface area contributed by atoms with Crippen molar-refractivity contribution in [3.8, 4) is 5.88 Å². The van der Waals surface area contributed by atoms with Crippen molar-refractivity contribution in [1.82, 2.24) is 9.88 Å². The van der Waals surface area contributed by atoms with Gasteiger partial charge in [0.25, 0.3) is 0 Å². The van der Waals surface area contributed by atoms with Gasteiger partial charge in [0.05, 0.1) is 11.3 Å². The van der Waals surface area contributed by atoms with Gasteiger partial charge in [-0.1, -0.05) is 41.6 Å². The molecule has 0 atom stereocenters. The molecule has 0 saturated carbocycles. The summed E-state index contributed by atoms with van der Waals surface area (Å²) < 4.78 is 0. The molecule has 27 heavy (non-hydrogen) atoms. The normalized spacial score (nSPS) is 14.8. The van der Waals surface area contributed by atoms with Crippen molar-refractivity contribution < 1.29 is 9.94 Å². The first kappa shape index (κ1) is 17.3. The minimum absolute atomic E-state index is 0.0862. The molecule has 138 valence electrons. The highest BCUT2D eigenvalue weighted by atomic mass is 16.6. The summed E-state index contributed by atoms with van der Waals surface area (Å²) in [5.74, 6) is 0.0862. The van der Waals surface area contributed by atoms with Crippen LogP contribution in [-0.2, 0) is 4.84 Å². The van der Waals surface area contributed by atoms with Crippen LogP contribution < -0.4 is 0 Å². The number of aliphatic imine (C=N–C) groups is 1. The van der Waals surface area contributed by atoms with Gasteiger partial charge in [0, 0.05) is 23.0 Å². The number of benzene rings is 2. The molecule has 2 heterocycles. The monoisotopic (exact) mass is 362 g/mol. The maximum atomic E-state index is 10.5. The Morgan fingerprint density at radius 3 is 2.74 bits per heavy atom. The van der Waals surface area contributed by atoms with Gasteiger partial charge in [-0.2, -0.15) is 0 Å². The maximum Gasteiger partial charge on any atom is 0.199 e. The number of nitrogens with zero attached hydrogens (tertiary/aromatic N) is 3. The summed E-state index contributed by atoms with van der Waals surface area (Å²) in [6, 6.07) is 15.6. The van der Waals surface area contributed by atoms with E-state index in [4.69, 9.17) is 9.83 Å². The molecule has 0 amide bonds. The summed E-state index contributed by atoms with van der Waals surface area (Å²) in [6.45, 7) is 1.46. The highest BCUT2D eigenvalue weighted by molar-refractivity contribution is 6.58. The molecule has 0 bridgehead atoms. The first-order valence-electron chi connectivity index (χ1n) is 8.98. The van der Waals surface area contributed by atoms with Crippen molar-refractivity contribution in [3.63, 3.8) is 0 Å². The second-order valence-corrected chi connectivity index (χ2v) is 6.80. The third-order valence-electron chi connectivity index (χ3n) is 4.54. The molecule has 6 heteroatoms. The van der Waals surface area contributed by atoms with Crippen LogP contribution in [0.15, 0.2) is 58.7 Å². The average Bonchev–Trinajstić information content (AvgIpc) is 3.17. The van der Waals surface area contributed by atoms with Crippen LogP contribution in [0.3, 0.4) is 0 Å². The van der Waals surface area contributed by atoms with Gasteiger partial charge >= 0.3 is 0 Å². The standard InChI is InChI=1S/C21H22N4O2/c1-25(2)12-7-13-27-24-19-15-9-4-6-11-17(15)22-20(19)18-14-8-3-5-10-16(14)23-21(18)26/h3-6,8-11,23,26H,7,12-13H2,1-2H3/b24-19+. The van der Waals surface area contributed by atoms with Gasteiger partial charge < -0.3 is 19.8 Å². The van der Waals surface area contributed by atoms with Gasteiger partial charge in [0.2, 0.25) is 0 Å². The Morgan fingerprint density at radius 1 is 1.11 bits per heavy atom. The summed E-state index contributed by atoms with van der Waals surface area (Å²) in [4.78, 5) is 15.4. The number of oxime groups is 1. The Morgan fingerprint density at radius 2 is 1.89 bits per heavy atom. The molecule has 0 aliphatic carbocycles. The minimum atomic E-state index is 0.0862. The molecule has 2 aromatic carbocycles. The number of aromatic nitrogens is 1. The van der Waals surface area contributed by atoms with Crippen LogP contribution in [0.1, 0.15) is 17.5 Å². The van der Waals surface area contributed by atoms with Gasteiger partial charge in [-0.05, 0) is 32.6 Å². The van der Waals surface area contributed by atoms with Crippen molar-refractivity contribution in [3.05, 3.63) is 59.7 Å². The highest BCUT2D eigenvalue weighted by Gasteiger charge is 2.29. The number of H-pyrrole nitrogens is 1. The molecule has 0 fully saturated rings. The lowest BCUT2D eigenvalue weighted by atomic mass is 10.0. The SMILES string of the molecule is CN(C)CCCO/N=C1/C(c2c(O)[nH]c3ccccc23)=Nc2ccccc21. The number of fused-ring (bicyclic) bond motifs is 2. The predicted octanol–water partition coefficient (Wildman–Crippen LogP) is 3.68. The zero-order valence-corrected chi connectivity index (χ0v) is 15.4. The van der Waals surface area contributed by atoms with Crippen LogP contribution in [0.4, 0.5) is 5.69 Å². The Labute approximate surface area is 157 Å². The first-order valence-corrected chi connectivity index (χ1v) is 8.98. The average molecular weight is 362 g/mol. The fourth-order valence-electron chi connectivity index (χ4n) is 3.26. The molecule has 0 radical (unpaired) electrons. The topological polar surface area (TPSA) is 73.2 Å². The first-order chi connectivity index (χ1) is 13.1. The molecule has 0 saturated heterocycles. The quantitative estimate of drug-likeness (QED) is 0.519. The maximum absolute atomic E-state index is 10.5. The van der Waals surface area contributed by atoms with Gasteiger partial charge in [-0.15, -0.1) is 0 Å². The lowest BCUT2D eigenvalue weighted by Gasteiger charge is -2.08. The molecule has 0 spiro atoms. The van der Waals surface area contributed by atoms with Gasteiger partial charge in [-0.25, -0.2) is 4.99 Å². The number of hydrogen-bond acceptors (Lipinski definition) is 5. The summed E-state index contributed by atoms with van der Waals surface area (Å²) in [5, 5.41) is 15.8. The van der Waals surface area contributed by atoms with Crippen molar-refractivity contribution in [2.45, 2.75) is 6.42 Å². The summed E-state index contributed by atoms with van der Waals surface area (Å²) >= 11 is 0. The van der Waals surface area contributed by atoms with Crippen molar-refractivity contribution in [1.29, 1.82) is 0 Å². The molecule has 4 rings (SSSR count). The summed E-state index contributed by atoms with van der Waals surface area (Å²) in [7, 11) is 4.06. The molecular formula is C21H22N4O2. The van der Waals surface area contributed by atoms with Gasteiger partial charge in [-0.3, -0.25) is 0 Å². The van der Waals surface area contributed by atoms with E-state index in [-0.39, 0.29) is 5.88 Å². The molecule has 1 aromatic heterocycles. The number of para-hydroxylation sites is 2. The fourth-order valence-corrected chi connectivity index (χ4v) is 3.26. The van der Waals surface area contributed by atoms with E-state index < -0.39 is 0 Å². The fraction of sp³-hybridized carbons (Fsp3) is 0.238. The van der Waals surface area contributed by atoms with E-state index in [1.165, 1.54) is 0 Å². The molecule has 2 N–H and O–H groups in total. The number of aromatic amines is 1. The lowest BCUT2D eigenvalue weighted by Crippen LogP contribution is -2.16. The third kappa shape index (κ3) is 3.31. The Bertz CT molecular complexity index is 1030. The van der Waals surface area contributed by atoms with Crippen LogP contribution in [0, 0.1) is 0 Å². The van der Waals surface area contributed by atoms with Crippen LogP contribution in [0.5, 0.6) is 5.88 Å². The number of rotatable bonds is 6. The number of nitrogens with one attached hydrogen (secondary N) is 1. The van der Waals surface area contributed by atoms with Crippen molar-refractivity contribution in [2.24, 2.45) is 10.1 Å². The van der Waals surface area contributed by atoms with Crippen LogP contribution in [0.25, 0.3) is 10.9 Å². The van der Waals surface area contributed by atoms with Crippen LogP contribution in [-0.4, -0.2) is 53.7 Å². The largest absolute Gasteiger partial charge is 0.494 e. The third-order valence-corrected chi connectivity index (χ3v) is 4.54. The van der Waals surface area contributed by atoms with Gasteiger partial charge in [0.1, 0.15) is 18.0 Å². The molecule has 3 aromatic rings. The highest BCUT2D eigenvalue weighted by Crippen LogP contribution is 2.35. The van der Waals surface area contributed by atoms with E-state index in [2.05, 4.69) is 15.0 Å². The molecule has 1 aliphatic heterocycles. The lowest BCUT2D eigenvalue weighted by molar-refractivity contribution is 0.136. The molecular weight excluding hydrogens is 340 g/mol. The number of hydrogen-bond donors (Lipinski definition) is 2. The second-order valence-electron chi connectivity index (χ2n) is 6.80. The second kappa shape index (κ2) is 7.25. The summed E-state index contributed by atoms with van der Waals surface area (Å²) in [6.07, 6.45) is 0.885. The van der Waals surface area contributed by atoms with E-state index in [0.29, 0.717) is 23.6 Å². The zero-order valence-electron chi connectivity index (χ0n) is 15.4. The Kier molecular flexibility index (Phi) is 4.64. The molecule has 1 aliphatic rings. The summed E-state index contributed by atoms with van der Waals surface area (Å²) in [5.41, 5.74) is 4.51. The van der Waals surface area contributed by atoms with Crippen molar-refractivity contribution >= 4 is 28.0 Å². The van der Waals surface area contributed by atoms with E-state index >= 15 is 0 Å². The van der Waals surface area contributed by atoms with Crippen LogP contribution >= 0.6 is 0 Å². The Balaban J connectivity index is 1.71. The predicted molar refractivity (Wildman–Crippen MR) is 108 cm³/mol. The molecule has 6 nitrogen and oxygen atoms in total.